The minimum Gasteiger partial charge on any atom is -0.491 e. The highest BCUT2D eigenvalue weighted by Gasteiger charge is 2.26. The first-order chi connectivity index (χ1) is 11.3. The maximum atomic E-state index is 10.3. The lowest BCUT2D eigenvalue weighted by atomic mass is 10.0. The molecule has 3 nitrogen and oxygen atoms in total. The van der Waals surface area contributed by atoms with Gasteiger partial charge >= 0.3 is 0 Å². The maximum absolute atomic E-state index is 10.3. The Morgan fingerprint density at radius 2 is 1.74 bits per heavy atom. The molecule has 0 spiro atoms. The van der Waals surface area contributed by atoms with E-state index >= 15 is 0 Å². The Bertz CT molecular complexity index is 573. The van der Waals surface area contributed by atoms with Gasteiger partial charge in [0.15, 0.2) is 0 Å². The number of aliphatic hydroxyl groups is 1. The first kappa shape index (κ1) is 16.0. The second kappa shape index (κ2) is 8.14. The first-order valence-electron chi connectivity index (χ1n) is 8.45. The van der Waals surface area contributed by atoms with E-state index in [-0.39, 0.29) is 0 Å². The van der Waals surface area contributed by atoms with Crippen LogP contribution in [0.2, 0.25) is 0 Å². The number of hydrogen-bond donors (Lipinski definition) is 1. The van der Waals surface area contributed by atoms with Crippen LogP contribution < -0.4 is 4.74 Å². The van der Waals surface area contributed by atoms with Crippen LogP contribution in [-0.4, -0.2) is 41.8 Å². The van der Waals surface area contributed by atoms with Crippen LogP contribution in [0.5, 0.6) is 5.75 Å². The van der Waals surface area contributed by atoms with Crippen LogP contribution in [0.15, 0.2) is 60.7 Å². The molecule has 0 amide bonds. The quantitative estimate of drug-likeness (QED) is 0.853. The number of rotatable bonds is 7. The van der Waals surface area contributed by atoms with Gasteiger partial charge in [-0.15, -0.1) is 0 Å². The van der Waals surface area contributed by atoms with Crippen molar-refractivity contribution in [1.29, 1.82) is 0 Å². The van der Waals surface area contributed by atoms with Crippen molar-refractivity contribution in [3.8, 4) is 5.75 Å². The lowest BCUT2D eigenvalue weighted by Crippen LogP contribution is -2.39. The molecule has 0 aliphatic carbocycles. The summed E-state index contributed by atoms with van der Waals surface area (Å²) in [7, 11) is 0. The molecule has 0 aromatic heterocycles. The van der Waals surface area contributed by atoms with E-state index in [1.165, 1.54) is 18.4 Å². The van der Waals surface area contributed by atoms with Crippen molar-refractivity contribution in [2.75, 3.05) is 19.7 Å². The van der Waals surface area contributed by atoms with Crippen LogP contribution in [0.1, 0.15) is 18.4 Å². The van der Waals surface area contributed by atoms with Crippen molar-refractivity contribution in [3.05, 3.63) is 66.2 Å². The molecule has 23 heavy (non-hydrogen) atoms. The molecular formula is C20H25NO2. The molecule has 1 heterocycles. The summed E-state index contributed by atoms with van der Waals surface area (Å²) in [6.45, 7) is 2.10. The summed E-state index contributed by atoms with van der Waals surface area (Å²) in [5.74, 6) is 0.814. The van der Waals surface area contributed by atoms with Crippen LogP contribution in [0, 0.1) is 0 Å². The minimum atomic E-state index is -0.452. The normalized spacial score (nSPS) is 19.6. The molecule has 1 fully saturated rings. The maximum Gasteiger partial charge on any atom is 0.119 e. The van der Waals surface area contributed by atoms with Crippen molar-refractivity contribution in [2.24, 2.45) is 0 Å². The summed E-state index contributed by atoms with van der Waals surface area (Å²) in [6, 6.07) is 20.8. The Morgan fingerprint density at radius 3 is 2.48 bits per heavy atom. The molecule has 2 unspecified atom stereocenters. The van der Waals surface area contributed by atoms with Gasteiger partial charge < -0.3 is 9.84 Å². The zero-order chi connectivity index (χ0) is 15.9. The lowest BCUT2D eigenvalue weighted by Gasteiger charge is -2.27. The summed E-state index contributed by atoms with van der Waals surface area (Å²) in [4.78, 5) is 2.41. The smallest absolute Gasteiger partial charge is 0.119 e. The highest BCUT2D eigenvalue weighted by molar-refractivity contribution is 5.21. The number of benzene rings is 2. The van der Waals surface area contributed by atoms with Crippen LogP contribution in [0.4, 0.5) is 0 Å². The summed E-state index contributed by atoms with van der Waals surface area (Å²) in [6.07, 6.45) is 3.03. The number of ether oxygens (including phenoxy) is 1. The number of hydrogen-bond acceptors (Lipinski definition) is 3. The lowest BCUT2D eigenvalue weighted by molar-refractivity contribution is 0.0639. The molecule has 122 valence electrons. The fourth-order valence-electron chi connectivity index (χ4n) is 3.29. The van der Waals surface area contributed by atoms with E-state index in [0.717, 1.165) is 18.7 Å². The van der Waals surface area contributed by atoms with E-state index < -0.39 is 6.10 Å². The van der Waals surface area contributed by atoms with Gasteiger partial charge in [0, 0.05) is 12.6 Å². The van der Waals surface area contributed by atoms with Gasteiger partial charge in [-0.1, -0.05) is 48.5 Å². The summed E-state index contributed by atoms with van der Waals surface area (Å²) >= 11 is 0. The SMILES string of the molecule is OC(COc1ccccc1)CN1CCCC1Cc1ccccc1. The number of para-hydroxylation sites is 1. The van der Waals surface area contributed by atoms with E-state index in [2.05, 4.69) is 35.2 Å². The third kappa shape index (κ3) is 4.81. The molecule has 3 rings (SSSR count). The molecule has 2 aromatic carbocycles. The Morgan fingerprint density at radius 1 is 1.04 bits per heavy atom. The van der Waals surface area contributed by atoms with E-state index in [1.807, 2.05) is 30.3 Å². The topological polar surface area (TPSA) is 32.7 Å². The fourth-order valence-corrected chi connectivity index (χ4v) is 3.29. The second-order valence-electron chi connectivity index (χ2n) is 6.26. The van der Waals surface area contributed by atoms with Gasteiger partial charge in [0.1, 0.15) is 18.5 Å². The standard InChI is InChI=1S/C20H25NO2/c22-19(16-23-20-11-5-2-6-12-20)15-21-13-7-10-18(21)14-17-8-3-1-4-9-17/h1-6,8-9,11-12,18-19,22H,7,10,13-16H2. The van der Waals surface area contributed by atoms with E-state index in [4.69, 9.17) is 4.74 Å². The predicted molar refractivity (Wildman–Crippen MR) is 92.7 cm³/mol. The summed E-state index contributed by atoms with van der Waals surface area (Å²) < 4.78 is 5.65. The van der Waals surface area contributed by atoms with Gasteiger partial charge in [0.2, 0.25) is 0 Å². The molecule has 1 N–H and O–H groups in total. The van der Waals surface area contributed by atoms with E-state index in [1.54, 1.807) is 0 Å². The van der Waals surface area contributed by atoms with Crippen molar-refractivity contribution in [1.82, 2.24) is 4.90 Å². The molecule has 0 saturated carbocycles. The average Bonchev–Trinajstić information content (AvgIpc) is 3.02. The molecule has 2 atom stereocenters. The molecule has 1 aliphatic rings. The molecule has 2 aromatic rings. The van der Waals surface area contributed by atoms with Gasteiger partial charge in [-0.05, 0) is 43.5 Å². The molecule has 1 aliphatic heterocycles. The predicted octanol–water partition coefficient (Wildman–Crippen LogP) is 3.13. The Balaban J connectivity index is 1.48. The van der Waals surface area contributed by atoms with Gasteiger partial charge in [-0.2, -0.15) is 0 Å². The zero-order valence-corrected chi connectivity index (χ0v) is 13.5. The third-order valence-corrected chi connectivity index (χ3v) is 4.44. The molecule has 0 radical (unpaired) electrons. The number of likely N-dealkylation sites (tertiary alicyclic amines) is 1. The second-order valence-corrected chi connectivity index (χ2v) is 6.26. The third-order valence-electron chi connectivity index (χ3n) is 4.44. The van der Waals surface area contributed by atoms with Crippen LogP contribution in [0.25, 0.3) is 0 Å². The largest absolute Gasteiger partial charge is 0.491 e. The Labute approximate surface area is 138 Å². The number of aliphatic hydroxyl groups excluding tert-OH is 1. The van der Waals surface area contributed by atoms with Gasteiger partial charge in [0.05, 0.1) is 0 Å². The summed E-state index contributed by atoms with van der Waals surface area (Å²) in [5, 5.41) is 10.3. The monoisotopic (exact) mass is 311 g/mol. The van der Waals surface area contributed by atoms with Crippen molar-refractivity contribution >= 4 is 0 Å². The minimum absolute atomic E-state index is 0.346. The van der Waals surface area contributed by atoms with E-state index in [0.29, 0.717) is 19.2 Å². The molecule has 3 heteroatoms. The molecule has 1 saturated heterocycles. The Hall–Kier alpha value is -1.84. The first-order valence-corrected chi connectivity index (χ1v) is 8.45. The van der Waals surface area contributed by atoms with Gasteiger partial charge in [-0.25, -0.2) is 0 Å². The Kier molecular flexibility index (Phi) is 5.67. The van der Waals surface area contributed by atoms with Gasteiger partial charge in [0.25, 0.3) is 0 Å². The number of β-amino-alcohol motifs (C(OH)–C–C–N with tert-alkyl or cyclic N) is 1. The highest BCUT2D eigenvalue weighted by Crippen LogP contribution is 2.21. The molecule has 0 bridgehead atoms. The van der Waals surface area contributed by atoms with Gasteiger partial charge in [-0.3, -0.25) is 4.90 Å². The van der Waals surface area contributed by atoms with Crippen LogP contribution in [-0.2, 0) is 6.42 Å². The van der Waals surface area contributed by atoms with Crippen molar-refractivity contribution < 1.29 is 9.84 Å². The average molecular weight is 311 g/mol. The highest BCUT2D eigenvalue weighted by atomic mass is 16.5. The van der Waals surface area contributed by atoms with E-state index in [9.17, 15) is 5.11 Å². The van der Waals surface area contributed by atoms with Crippen molar-refractivity contribution in [3.63, 3.8) is 0 Å². The summed E-state index contributed by atoms with van der Waals surface area (Å²) in [5.41, 5.74) is 1.37. The molecular weight excluding hydrogens is 286 g/mol. The number of nitrogens with zero attached hydrogens (tertiary/aromatic N) is 1. The zero-order valence-electron chi connectivity index (χ0n) is 13.5. The van der Waals surface area contributed by atoms with Crippen LogP contribution in [0.3, 0.4) is 0 Å². The fraction of sp³-hybridized carbons (Fsp3) is 0.400. The van der Waals surface area contributed by atoms with Crippen molar-refractivity contribution in [2.45, 2.75) is 31.4 Å². The van der Waals surface area contributed by atoms with Crippen LogP contribution >= 0.6 is 0 Å².